The van der Waals surface area contributed by atoms with Gasteiger partial charge in [0.1, 0.15) is 5.54 Å². The first-order valence-corrected chi connectivity index (χ1v) is 16.1. The van der Waals surface area contributed by atoms with E-state index in [1.165, 1.54) is 0 Å². The minimum atomic E-state index is -1.13. The zero-order valence-corrected chi connectivity index (χ0v) is 25.3. The van der Waals surface area contributed by atoms with E-state index in [1.54, 1.807) is 0 Å². The predicted octanol–water partition coefficient (Wildman–Crippen LogP) is 7.30. The molecule has 4 atom stereocenters. The Morgan fingerprint density at radius 2 is 1.57 bits per heavy atom. The molecular weight excluding hydrogens is 583 g/mol. The second kappa shape index (κ2) is 9.54. The van der Waals surface area contributed by atoms with E-state index >= 15 is 9.59 Å². The number of carbonyl (C=O) groups excluding carboxylic acids is 2. The van der Waals surface area contributed by atoms with Gasteiger partial charge in [-0.15, -0.1) is 11.8 Å². The normalized spacial score (nSPS) is 29.9. The van der Waals surface area contributed by atoms with Crippen LogP contribution in [0.5, 0.6) is 0 Å². The first-order chi connectivity index (χ1) is 20.4. The minimum Gasteiger partial charge on any atom is -0.301 e. The molecule has 0 N–H and O–H groups in total. The molecule has 0 saturated carbocycles. The highest BCUT2D eigenvalue weighted by atomic mass is 35.5. The van der Waals surface area contributed by atoms with Crippen molar-refractivity contribution in [1.29, 1.82) is 0 Å². The first kappa shape index (κ1) is 26.7. The summed E-state index contributed by atoms with van der Waals surface area (Å²) in [7, 11) is 2.07. The fourth-order valence-electron chi connectivity index (χ4n) is 8.53. The Hall–Kier alpha value is -2.93. The first-order valence-electron chi connectivity index (χ1n) is 14.2. The van der Waals surface area contributed by atoms with Gasteiger partial charge < -0.3 is 4.90 Å². The van der Waals surface area contributed by atoms with E-state index in [-0.39, 0.29) is 23.5 Å². The molecule has 3 fully saturated rings. The number of ketones is 2. The number of carbonyl (C=O) groups is 2. The van der Waals surface area contributed by atoms with Gasteiger partial charge in [-0.05, 0) is 64.9 Å². The topological polar surface area (TPSA) is 40.6 Å². The van der Waals surface area contributed by atoms with Crippen LogP contribution < -0.4 is 0 Å². The average Bonchev–Trinajstić information content (AvgIpc) is 3.62. The molecule has 4 aromatic rings. The van der Waals surface area contributed by atoms with Gasteiger partial charge in [0.2, 0.25) is 0 Å². The molecule has 1 unspecified atom stereocenters. The van der Waals surface area contributed by atoms with Crippen LogP contribution in [0.4, 0.5) is 0 Å². The van der Waals surface area contributed by atoms with Crippen molar-refractivity contribution in [3.8, 4) is 0 Å². The van der Waals surface area contributed by atoms with Crippen molar-refractivity contribution in [1.82, 2.24) is 9.80 Å². The molecule has 0 radical (unpaired) electrons. The molecular formula is C35H28Cl2N2O2S. The number of hydrogen-bond donors (Lipinski definition) is 0. The van der Waals surface area contributed by atoms with Crippen molar-refractivity contribution >= 4 is 63.4 Å². The van der Waals surface area contributed by atoms with E-state index < -0.39 is 11.0 Å². The molecule has 0 bridgehead atoms. The van der Waals surface area contributed by atoms with Gasteiger partial charge in [-0.3, -0.25) is 14.5 Å². The van der Waals surface area contributed by atoms with Crippen LogP contribution in [-0.4, -0.2) is 59.2 Å². The monoisotopic (exact) mass is 610 g/mol. The predicted molar refractivity (Wildman–Crippen MR) is 171 cm³/mol. The standard InChI is InChI=1S/C35H28Cl2N2O2S/c1-38-17-24(16-21-8-12-25(36)13-9-21)32(40)34(19-38)31(23-10-14-26(37)15-11-23)29-18-42-20-39(29)35(34)28-7-3-5-22-4-2-6-27(30(22)28)33(35)41/h2-16,29,31H,17-20H2,1H3/b24-16+/t29-,31-,34?,35-/m0/s1. The summed E-state index contributed by atoms with van der Waals surface area (Å²) in [6.45, 7) is 0.988. The number of nitrogens with zero attached hydrogens (tertiary/aromatic N) is 2. The Morgan fingerprint density at radius 3 is 2.31 bits per heavy atom. The van der Waals surface area contributed by atoms with Crippen LogP contribution in [0.1, 0.15) is 33.0 Å². The lowest BCUT2D eigenvalue weighted by molar-refractivity contribution is -0.134. The molecule has 3 aliphatic heterocycles. The number of likely N-dealkylation sites (N-methyl/N-ethyl adjacent to an activating group) is 1. The van der Waals surface area contributed by atoms with Crippen LogP contribution in [0.15, 0.2) is 90.5 Å². The van der Waals surface area contributed by atoms with E-state index in [1.807, 2.05) is 72.4 Å². The van der Waals surface area contributed by atoms with Gasteiger partial charge in [0.05, 0.1) is 5.41 Å². The molecule has 3 heterocycles. The highest BCUT2D eigenvalue weighted by Crippen LogP contribution is 2.69. The Balaban J connectivity index is 1.45. The molecule has 0 aromatic heterocycles. The highest BCUT2D eigenvalue weighted by Gasteiger charge is 2.78. The fraction of sp³-hybridized carbons (Fsp3) is 0.257. The van der Waals surface area contributed by atoms with Crippen LogP contribution >= 0.6 is 35.0 Å². The maximum atomic E-state index is 15.5. The summed E-state index contributed by atoms with van der Waals surface area (Å²) < 4.78 is 0. The molecule has 42 heavy (non-hydrogen) atoms. The van der Waals surface area contributed by atoms with E-state index in [2.05, 4.69) is 47.2 Å². The quantitative estimate of drug-likeness (QED) is 0.223. The molecule has 4 aromatic carbocycles. The Labute approximate surface area is 259 Å². The van der Waals surface area contributed by atoms with E-state index in [0.717, 1.165) is 38.8 Å². The molecule has 0 amide bonds. The molecule has 1 aliphatic carbocycles. The van der Waals surface area contributed by atoms with E-state index in [9.17, 15) is 0 Å². The number of halogens is 2. The van der Waals surface area contributed by atoms with Gasteiger partial charge in [0, 0.05) is 57.9 Å². The summed E-state index contributed by atoms with van der Waals surface area (Å²) in [5, 5.41) is 3.33. The second-order valence-corrected chi connectivity index (χ2v) is 13.9. The summed E-state index contributed by atoms with van der Waals surface area (Å²) >= 11 is 14.4. The van der Waals surface area contributed by atoms with Gasteiger partial charge in [-0.2, -0.15) is 0 Å². The third kappa shape index (κ3) is 3.40. The number of fused-ring (bicyclic) bond motifs is 4. The molecule has 4 nitrogen and oxygen atoms in total. The third-order valence-electron chi connectivity index (χ3n) is 9.88. The van der Waals surface area contributed by atoms with E-state index in [4.69, 9.17) is 23.2 Å². The molecule has 3 saturated heterocycles. The molecule has 7 heteroatoms. The average molecular weight is 612 g/mol. The zero-order valence-electron chi connectivity index (χ0n) is 23.0. The number of Topliss-reactive ketones (excluding diaryl/α,β-unsaturated/α-hetero) is 2. The fourth-order valence-corrected chi connectivity index (χ4v) is 10.1. The van der Waals surface area contributed by atoms with Crippen molar-refractivity contribution in [2.24, 2.45) is 5.41 Å². The largest absolute Gasteiger partial charge is 0.301 e. The smallest absolute Gasteiger partial charge is 0.189 e. The summed E-state index contributed by atoms with van der Waals surface area (Å²) in [4.78, 5) is 35.3. The maximum Gasteiger partial charge on any atom is 0.189 e. The highest BCUT2D eigenvalue weighted by molar-refractivity contribution is 7.99. The van der Waals surface area contributed by atoms with Crippen molar-refractivity contribution in [2.75, 3.05) is 31.8 Å². The lowest BCUT2D eigenvalue weighted by Crippen LogP contribution is -2.65. The van der Waals surface area contributed by atoms with Gasteiger partial charge >= 0.3 is 0 Å². The van der Waals surface area contributed by atoms with Gasteiger partial charge in [0.25, 0.3) is 0 Å². The number of hydrogen-bond acceptors (Lipinski definition) is 5. The van der Waals surface area contributed by atoms with Crippen LogP contribution in [0.2, 0.25) is 10.0 Å². The molecule has 4 aliphatic rings. The van der Waals surface area contributed by atoms with Crippen molar-refractivity contribution < 1.29 is 9.59 Å². The number of benzene rings is 4. The number of likely N-dealkylation sites (tertiary alicyclic amines) is 1. The van der Waals surface area contributed by atoms with Gasteiger partial charge in [-0.1, -0.05) is 83.9 Å². The van der Waals surface area contributed by atoms with Crippen LogP contribution in [-0.2, 0) is 10.3 Å². The summed E-state index contributed by atoms with van der Waals surface area (Å²) in [6.07, 6.45) is 1.99. The SMILES string of the molecule is CN1C/C(=C\c2ccc(Cl)cc2)C(=O)C2(C1)[C@@H](c1ccc(Cl)cc1)[C@@H]1CSCN1[C@@]21C(=O)c2cccc3cccc1c23. The Bertz CT molecular complexity index is 1820. The van der Waals surface area contributed by atoms with E-state index in [0.29, 0.717) is 34.6 Å². The summed E-state index contributed by atoms with van der Waals surface area (Å²) in [6, 6.07) is 27.7. The van der Waals surface area contributed by atoms with Crippen molar-refractivity contribution in [2.45, 2.75) is 17.5 Å². The maximum absolute atomic E-state index is 15.5. The number of piperidine rings is 1. The van der Waals surface area contributed by atoms with Crippen LogP contribution in [0.3, 0.4) is 0 Å². The number of rotatable bonds is 2. The number of thioether (sulfide) groups is 1. The Morgan fingerprint density at radius 1 is 0.881 bits per heavy atom. The molecule has 8 rings (SSSR count). The summed E-state index contributed by atoms with van der Waals surface area (Å²) in [5.74, 6) is 1.45. The lowest BCUT2D eigenvalue weighted by Gasteiger charge is -2.51. The lowest BCUT2D eigenvalue weighted by atomic mass is 9.55. The summed E-state index contributed by atoms with van der Waals surface area (Å²) in [5.41, 5.74) is 2.20. The van der Waals surface area contributed by atoms with Crippen LogP contribution in [0.25, 0.3) is 16.8 Å². The van der Waals surface area contributed by atoms with Crippen LogP contribution in [0, 0.1) is 5.41 Å². The van der Waals surface area contributed by atoms with Gasteiger partial charge in [-0.25, -0.2) is 0 Å². The zero-order chi connectivity index (χ0) is 28.8. The molecule has 210 valence electrons. The van der Waals surface area contributed by atoms with Crippen molar-refractivity contribution in [3.05, 3.63) is 123 Å². The molecule has 2 spiro atoms. The van der Waals surface area contributed by atoms with Crippen molar-refractivity contribution in [3.63, 3.8) is 0 Å². The van der Waals surface area contributed by atoms with Gasteiger partial charge in [0.15, 0.2) is 11.6 Å². The minimum absolute atomic E-state index is 0.0110. The Kier molecular flexibility index (Phi) is 6.06. The second-order valence-electron chi connectivity index (χ2n) is 12.0. The third-order valence-corrected chi connectivity index (χ3v) is 11.4.